The van der Waals surface area contributed by atoms with Crippen LogP contribution in [0.1, 0.15) is 13.3 Å². The third kappa shape index (κ3) is 1.20. The molecule has 4 nitrogen and oxygen atoms in total. The van der Waals surface area contributed by atoms with E-state index in [1.165, 1.54) is 4.90 Å². The van der Waals surface area contributed by atoms with Gasteiger partial charge in [-0.1, -0.05) is 6.92 Å². The van der Waals surface area contributed by atoms with Crippen LogP contribution in [0, 0.1) is 17.8 Å². The van der Waals surface area contributed by atoms with Crippen molar-refractivity contribution in [3.05, 3.63) is 0 Å². The second-order valence-corrected chi connectivity index (χ2v) is 3.86. The summed E-state index contributed by atoms with van der Waals surface area (Å²) < 4.78 is 0. The first kappa shape index (κ1) is 8.53. The Balaban J connectivity index is 1.90. The maximum Gasteiger partial charge on any atom is 0.407 e. The summed E-state index contributed by atoms with van der Waals surface area (Å²) in [5.74, 6) is 1.16. The van der Waals surface area contributed by atoms with Crippen molar-refractivity contribution in [2.45, 2.75) is 13.3 Å². The molecule has 0 radical (unpaired) electrons. The van der Waals surface area contributed by atoms with Crippen molar-refractivity contribution in [1.29, 1.82) is 0 Å². The van der Waals surface area contributed by atoms with E-state index in [1.54, 1.807) is 0 Å². The number of hydrogen-bond acceptors (Lipinski definition) is 2. The van der Waals surface area contributed by atoms with Crippen LogP contribution in [0.4, 0.5) is 4.79 Å². The van der Waals surface area contributed by atoms with Gasteiger partial charge in [0.15, 0.2) is 0 Å². The van der Waals surface area contributed by atoms with Crippen LogP contribution in [0.3, 0.4) is 0 Å². The van der Waals surface area contributed by atoms with Crippen molar-refractivity contribution in [1.82, 2.24) is 4.90 Å². The first-order chi connectivity index (χ1) is 6.15. The van der Waals surface area contributed by atoms with Crippen LogP contribution < -0.4 is 0 Å². The number of amides is 1. The van der Waals surface area contributed by atoms with E-state index in [1.807, 2.05) is 6.92 Å². The number of likely N-dealkylation sites (tertiary alicyclic amines) is 1. The number of carbonyl (C=O) groups excluding carboxylic acids is 1. The van der Waals surface area contributed by atoms with Crippen LogP contribution in [0.5, 0.6) is 0 Å². The molecule has 4 heteroatoms. The molecule has 0 aromatic heterocycles. The minimum Gasteiger partial charge on any atom is -0.465 e. The first-order valence-corrected chi connectivity index (χ1v) is 4.65. The van der Waals surface area contributed by atoms with E-state index in [0.717, 1.165) is 0 Å². The Morgan fingerprint density at radius 3 is 2.31 bits per heavy atom. The Hall–Kier alpha value is -1.06. The van der Waals surface area contributed by atoms with Gasteiger partial charge in [0.1, 0.15) is 5.78 Å². The quantitative estimate of drug-likeness (QED) is 0.689. The van der Waals surface area contributed by atoms with Crippen LogP contribution in [0.25, 0.3) is 0 Å². The third-order valence-corrected chi connectivity index (χ3v) is 3.18. The zero-order valence-electron chi connectivity index (χ0n) is 7.56. The lowest BCUT2D eigenvalue weighted by atomic mass is 10.1. The van der Waals surface area contributed by atoms with E-state index in [2.05, 4.69) is 0 Å². The van der Waals surface area contributed by atoms with E-state index >= 15 is 0 Å². The van der Waals surface area contributed by atoms with Crippen LogP contribution >= 0.6 is 0 Å². The van der Waals surface area contributed by atoms with Crippen LogP contribution in [-0.2, 0) is 4.79 Å². The highest BCUT2D eigenvalue weighted by Crippen LogP contribution is 2.52. The summed E-state index contributed by atoms with van der Waals surface area (Å²) in [6, 6.07) is 0. The standard InChI is InChI=1S/C9H13NO3/c1-2-7(11)8-5-3-10(9(12)13)4-6(5)8/h5-6,8H,2-4H2,1H3,(H,12,13)/t5-,6+,8+. The topological polar surface area (TPSA) is 57.6 Å². The molecule has 2 aliphatic rings. The zero-order valence-corrected chi connectivity index (χ0v) is 7.56. The van der Waals surface area contributed by atoms with Crippen molar-refractivity contribution < 1.29 is 14.7 Å². The third-order valence-electron chi connectivity index (χ3n) is 3.18. The average Bonchev–Trinajstić information content (AvgIpc) is 2.58. The van der Waals surface area contributed by atoms with Crippen molar-refractivity contribution in [3.63, 3.8) is 0 Å². The number of ketones is 1. The Bertz CT molecular complexity index is 252. The Kier molecular flexibility index (Phi) is 1.78. The van der Waals surface area contributed by atoms with Gasteiger partial charge >= 0.3 is 6.09 Å². The predicted molar refractivity (Wildman–Crippen MR) is 45.4 cm³/mol. The lowest BCUT2D eigenvalue weighted by molar-refractivity contribution is -0.120. The van der Waals surface area contributed by atoms with Crippen LogP contribution in [0.15, 0.2) is 0 Å². The number of carbonyl (C=O) groups is 2. The maximum absolute atomic E-state index is 11.3. The van der Waals surface area contributed by atoms with Crippen molar-refractivity contribution in [3.8, 4) is 0 Å². The lowest BCUT2D eigenvalue weighted by Gasteiger charge is -2.14. The van der Waals surface area contributed by atoms with E-state index < -0.39 is 6.09 Å². The molecule has 0 aromatic carbocycles. The summed E-state index contributed by atoms with van der Waals surface area (Å²) in [5, 5.41) is 8.67. The molecule has 1 aliphatic carbocycles. The SMILES string of the molecule is CCC(=O)[C@H]1[C@@H]2CN(C(=O)O)C[C@@H]21. The number of piperidine rings is 1. The highest BCUT2D eigenvalue weighted by molar-refractivity contribution is 5.84. The first-order valence-electron chi connectivity index (χ1n) is 4.65. The molecule has 2 rings (SSSR count). The molecule has 13 heavy (non-hydrogen) atoms. The molecular weight excluding hydrogens is 170 g/mol. The fourth-order valence-electron chi connectivity index (χ4n) is 2.40. The molecule has 1 heterocycles. The van der Waals surface area contributed by atoms with E-state index in [9.17, 15) is 9.59 Å². The largest absolute Gasteiger partial charge is 0.465 e. The van der Waals surface area contributed by atoms with Gasteiger partial charge in [-0.05, 0) is 11.8 Å². The molecule has 1 amide bonds. The summed E-state index contributed by atoms with van der Waals surface area (Å²) in [6.45, 7) is 3.00. The van der Waals surface area contributed by atoms with Crippen LogP contribution in [-0.4, -0.2) is 35.0 Å². The summed E-state index contributed by atoms with van der Waals surface area (Å²) in [5.41, 5.74) is 0. The van der Waals surface area contributed by atoms with Crippen molar-refractivity contribution >= 4 is 11.9 Å². The molecular formula is C9H13NO3. The number of hydrogen-bond donors (Lipinski definition) is 1. The average molecular weight is 183 g/mol. The van der Waals surface area contributed by atoms with Crippen molar-refractivity contribution in [2.75, 3.05) is 13.1 Å². The van der Waals surface area contributed by atoms with Gasteiger partial charge in [0, 0.05) is 25.4 Å². The zero-order chi connectivity index (χ0) is 9.59. The van der Waals surface area contributed by atoms with E-state index in [0.29, 0.717) is 37.1 Å². The van der Waals surface area contributed by atoms with Gasteiger partial charge in [-0.25, -0.2) is 4.79 Å². The highest BCUT2D eigenvalue weighted by Gasteiger charge is 2.59. The van der Waals surface area contributed by atoms with Gasteiger partial charge < -0.3 is 10.0 Å². The monoisotopic (exact) mass is 183 g/mol. The smallest absolute Gasteiger partial charge is 0.407 e. The second kappa shape index (κ2) is 2.72. The second-order valence-electron chi connectivity index (χ2n) is 3.86. The maximum atomic E-state index is 11.3. The minimum atomic E-state index is -0.852. The molecule has 1 N–H and O–H groups in total. The van der Waals surface area contributed by atoms with Gasteiger partial charge in [-0.2, -0.15) is 0 Å². The molecule has 3 atom stereocenters. The highest BCUT2D eigenvalue weighted by atomic mass is 16.4. The number of Topliss-reactive ketones (excluding diaryl/α,β-unsaturated/α-hetero) is 1. The fourth-order valence-corrected chi connectivity index (χ4v) is 2.40. The Morgan fingerprint density at radius 2 is 1.92 bits per heavy atom. The predicted octanol–water partition coefficient (Wildman–Crippen LogP) is 0.821. The summed E-state index contributed by atoms with van der Waals surface area (Å²) in [6.07, 6.45) is -0.264. The summed E-state index contributed by atoms with van der Waals surface area (Å²) in [7, 11) is 0. The fraction of sp³-hybridized carbons (Fsp3) is 0.778. The molecule has 72 valence electrons. The van der Waals surface area contributed by atoms with Gasteiger partial charge in [-0.3, -0.25) is 4.79 Å². The minimum absolute atomic E-state index is 0.181. The number of fused-ring (bicyclic) bond motifs is 1. The van der Waals surface area contributed by atoms with Crippen molar-refractivity contribution in [2.24, 2.45) is 17.8 Å². The Morgan fingerprint density at radius 1 is 1.38 bits per heavy atom. The number of rotatable bonds is 2. The summed E-state index contributed by atoms with van der Waals surface area (Å²) >= 11 is 0. The van der Waals surface area contributed by atoms with E-state index in [-0.39, 0.29) is 5.92 Å². The number of carboxylic acid groups (broad SMARTS) is 1. The molecule has 0 spiro atoms. The Labute approximate surface area is 76.5 Å². The molecule has 0 aromatic rings. The molecule has 1 saturated heterocycles. The number of nitrogens with zero attached hydrogens (tertiary/aromatic N) is 1. The summed E-state index contributed by atoms with van der Waals surface area (Å²) in [4.78, 5) is 23.3. The van der Waals surface area contributed by atoms with Gasteiger partial charge in [0.05, 0.1) is 0 Å². The molecule has 1 aliphatic heterocycles. The molecule has 1 saturated carbocycles. The van der Waals surface area contributed by atoms with Gasteiger partial charge in [0.2, 0.25) is 0 Å². The molecule has 2 fully saturated rings. The van der Waals surface area contributed by atoms with Gasteiger partial charge in [-0.15, -0.1) is 0 Å². The van der Waals surface area contributed by atoms with Gasteiger partial charge in [0.25, 0.3) is 0 Å². The van der Waals surface area contributed by atoms with E-state index in [4.69, 9.17) is 5.11 Å². The normalized spacial score (nSPS) is 35.8. The molecule has 0 bridgehead atoms. The molecule has 0 unspecified atom stereocenters. The lowest BCUT2D eigenvalue weighted by Crippen LogP contribution is -2.30. The van der Waals surface area contributed by atoms with Crippen LogP contribution in [0.2, 0.25) is 0 Å².